The first-order valence-corrected chi connectivity index (χ1v) is 10.9. The SMILES string of the molecule is N#CC(C(=O)NCc1ccccc1)=c1sc(=C2SC(=O)NC2=O)c(=O)n1-c1ccccc1. The number of nitriles is 1. The minimum Gasteiger partial charge on any atom is -0.347 e. The van der Waals surface area contributed by atoms with Gasteiger partial charge in [-0.3, -0.25) is 29.1 Å². The second-order valence-electron chi connectivity index (χ2n) is 6.54. The Balaban J connectivity index is 1.92. The maximum Gasteiger partial charge on any atom is 0.290 e. The van der Waals surface area contributed by atoms with Crippen molar-refractivity contribution in [2.75, 3.05) is 0 Å². The van der Waals surface area contributed by atoms with Gasteiger partial charge in [0.1, 0.15) is 20.2 Å². The number of hydrogen-bond donors (Lipinski definition) is 2. The molecule has 32 heavy (non-hydrogen) atoms. The number of amides is 3. The third kappa shape index (κ3) is 4.12. The number of nitrogens with one attached hydrogen (secondary N) is 2. The van der Waals surface area contributed by atoms with Crippen LogP contribution in [0.3, 0.4) is 0 Å². The van der Waals surface area contributed by atoms with Gasteiger partial charge in [-0.1, -0.05) is 48.5 Å². The molecule has 1 aliphatic heterocycles. The third-order valence-corrected chi connectivity index (χ3v) is 6.66. The zero-order chi connectivity index (χ0) is 22.7. The summed E-state index contributed by atoms with van der Waals surface area (Å²) in [7, 11) is 0. The summed E-state index contributed by atoms with van der Waals surface area (Å²) in [5.41, 5.74) is 0.410. The highest BCUT2D eigenvalue weighted by Gasteiger charge is 2.29. The average molecular weight is 463 g/mol. The smallest absolute Gasteiger partial charge is 0.290 e. The van der Waals surface area contributed by atoms with Crippen molar-refractivity contribution >= 4 is 50.6 Å². The molecule has 0 spiro atoms. The number of nitrogens with zero attached hydrogens (tertiary/aromatic N) is 2. The van der Waals surface area contributed by atoms with Crippen LogP contribution < -0.4 is 25.4 Å². The van der Waals surface area contributed by atoms with Crippen LogP contribution in [-0.4, -0.2) is 21.6 Å². The first-order valence-electron chi connectivity index (χ1n) is 9.31. The van der Waals surface area contributed by atoms with E-state index in [4.69, 9.17) is 0 Å². The molecule has 3 aromatic rings. The monoisotopic (exact) mass is 462 g/mol. The molecule has 0 unspecified atom stereocenters. The van der Waals surface area contributed by atoms with Crippen molar-refractivity contribution in [1.82, 2.24) is 15.2 Å². The molecule has 4 rings (SSSR count). The molecule has 0 saturated carbocycles. The van der Waals surface area contributed by atoms with E-state index in [1.54, 1.807) is 30.3 Å². The molecule has 1 fully saturated rings. The van der Waals surface area contributed by atoms with Crippen molar-refractivity contribution in [2.24, 2.45) is 0 Å². The average Bonchev–Trinajstić information content (AvgIpc) is 3.32. The summed E-state index contributed by atoms with van der Waals surface area (Å²) >= 11 is 1.44. The van der Waals surface area contributed by atoms with Crippen LogP contribution in [0.2, 0.25) is 0 Å². The molecule has 3 amide bonds. The largest absolute Gasteiger partial charge is 0.347 e. The topological polar surface area (TPSA) is 121 Å². The van der Waals surface area contributed by atoms with E-state index in [2.05, 4.69) is 10.6 Å². The standard InChI is InChI=1S/C22H14N4O4S2/c23-11-15(18(27)24-12-13-7-3-1-4-8-13)21-26(14-9-5-2-6-10-14)20(29)17(31-21)16-19(28)25-22(30)32-16/h1-10H,12H2,(H,24,27)(H,25,28,30). The predicted molar refractivity (Wildman–Crippen MR) is 121 cm³/mol. The summed E-state index contributed by atoms with van der Waals surface area (Å²) < 4.78 is 1.27. The summed E-state index contributed by atoms with van der Waals surface area (Å²) in [5.74, 6) is -1.34. The van der Waals surface area contributed by atoms with Gasteiger partial charge in [-0.15, -0.1) is 11.3 Å². The lowest BCUT2D eigenvalue weighted by Crippen LogP contribution is -2.34. The van der Waals surface area contributed by atoms with Crippen molar-refractivity contribution in [2.45, 2.75) is 6.54 Å². The Morgan fingerprint density at radius 2 is 1.69 bits per heavy atom. The normalized spacial score (nSPS) is 15.7. The molecule has 0 aliphatic carbocycles. The molecule has 1 aliphatic rings. The number of benzene rings is 2. The van der Waals surface area contributed by atoms with Gasteiger partial charge >= 0.3 is 0 Å². The number of carbonyl (C=O) groups is 3. The molecule has 10 heteroatoms. The lowest BCUT2D eigenvalue weighted by molar-refractivity contribution is -0.116. The number of imide groups is 1. The molecule has 158 valence electrons. The number of aromatic nitrogens is 1. The van der Waals surface area contributed by atoms with Crippen LogP contribution in [0, 0.1) is 11.3 Å². The van der Waals surface area contributed by atoms with E-state index in [9.17, 15) is 24.4 Å². The highest BCUT2D eigenvalue weighted by molar-refractivity contribution is 8.23. The number of hydrogen-bond acceptors (Lipinski definition) is 7. The Morgan fingerprint density at radius 1 is 1.03 bits per heavy atom. The van der Waals surface area contributed by atoms with Gasteiger partial charge in [-0.05, 0) is 29.5 Å². The summed E-state index contributed by atoms with van der Waals surface area (Å²) in [6.07, 6.45) is 0. The predicted octanol–water partition coefficient (Wildman–Crippen LogP) is 0.981. The van der Waals surface area contributed by atoms with Gasteiger partial charge in [0.2, 0.25) is 0 Å². The Kier molecular flexibility index (Phi) is 6.02. The number of carbonyl (C=O) groups excluding carboxylic acids is 3. The fraction of sp³-hybridized carbons (Fsp3) is 0.0455. The molecular formula is C22H14N4O4S2. The first kappa shape index (κ1) is 21.3. The van der Waals surface area contributed by atoms with Crippen molar-refractivity contribution in [3.8, 4) is 11.8 Å². The number of rotatable bonds is 4. The van der Waals surface area contributed by atoms with E-state index in [1.165, 1.54) is 4.57 Å². The zero-order valence-electron chi connectivity index (χ0n) is 16.3. The molecule has 0 atom stereocenters. The number of thiazole rings is 1. The van der Waals surface area contributed by atoms with E-state index >= 15 is 0 Å². The summed E-state index contributed by atoms with van der Waals surface area (Å²) in [6, 6.07) is 19.5. The highest BCUT2D eigenvalue weighted by Crippen LogP contribution is 2.22. The number of para-hydroxylation sites is 1. The van der Waals surface area contributed by atoms with Crippen molar-refractivity contribution < 1.29 is 14.4 Å². The van der Waals surface area contributed by atoms with Crippen molar-refractivity contribution in [3.63, 3.8) is 0 Å². The Labute approximate surface area is 189 Å². The minimum atomic E-state index is -0.683. The van der Waals surface area contributed by atoms with Gasteiger partial charge in [0.15, 0.2) is 5.57 Å². The lowest BCUT2D eigenvalue weighted by atomic mass is 10.2. The Bertz CT molecular complexity index is 1450. The van der Waals surface area contributed by atoms with Crippen LogP contribution in [0.5, 0.6) is 0 Å². The highest BCUT2D eigenvalue weighted by atomic mass is 32.2. The Morgan fingerprint density at radius 3 is 2.28 bits per heavy atom. The van der Waals surface area contributed by atoms with Gasteiger partial charge in [0.05, 0.1) is 5.69 Å². The molecule has 2 heterocycles. The van der Waals surface area contributed by atoms with Gasteiger partial charge in [0, 0.05) is 6.54 Å². The quantitative estimate of drug-likeness (QED) is 0.596. The maximum atomic E-state index is 13.2. The van der Waals surface area contributed by atoms with E-state index in [1.807, 2.05) is 36.4 Å². The van der Waals surface area contributed by atoms with Crippen LogP contribution in [-0.2, 0) is 16.1 Å². The fourth-order valence-corrected chi connectivity index (χ4v) is 5.00. The molecule has 1 saturated heterocycles. The van der Waals surface area contributed by atoms with Gasteiger partial charge in [-0.25, -0.2) is 0 Å². The van der Waals surface area contributed by atoms with E-state index in [-0.39, 0.29) is 26.2 Å². The first-order chi connectivity index (χ1) is 15.5. The van der Waals surface area contributed by atoms with E-state index in [0.717, 1.165) is 16.9 Å². The van der Waals surface area contributed by atoms with Crippen LogP contribution in [0.1, 0.15) is 5.56 Å². The van der Waals surface area contributed by atoms with Crippen LogP contribution in [0.4, 0.5) is 4.79 Å². The lowest BCUT2D eigenvalue weighted by Gasteiger charge is -2.06. The second kappa shape index (κ2) is 9.05. The molecule has 2 aromatic carbocycles. The second-order valence-corrected chi connectivity index (χ2v) is 8.52. The van der Waals surface area contributed by atoms with Crippen molar-refractivity contribution in [3.05, 3.63) is 85.8 Å². The number of thioether (sulfide) groups is 1. The van der Waals surface area contributed by atoms with Crippen LogP contribution >= 0.6 is 23.1 Å². The van der Waals surface area contributed by atoms with Crippen molar-refractivity contribution in [1.29, 1.82) is 5.26 Å². The fourth-order valence-electron chi connectivity index (χ4n) is 3.02. The van der Waals surface area contributed by atoms with Crippen LogP contribution in [0.15, 0.2) is 65.5 Å². The maximum absolute atomic E-state index is 13.2. The van der Waals surface area contributed by atoms with Crippen LogP contribution in [0.25, 0.3) is 16.2 Å². The molecule has 1 aromatic heterocycles. The minimum absolute atomic E-state index is 0.0131. The van der Waals surface area contributed by atoms with Gasteiger partial charge in [0.25, 0.3) is 22.6 Å². The molecular weight excluding hydrogens is 448 g/mol. The molecule has 2 N–H and O–H groups in total. The molecule has 8 nitrogen and oxygen atoms in total. The summed E-state index contributed by atoms with van der Waals surface area (Å²) in [4.78, 5) is 49.8. The Hall–Kier alpha value is -3.94. The van der Waals surface area contributed by atoms with E-state index in [0.29, 0.717) is 17.4 Å². The molecule has 0 radical (unpaired) electrons. The molecule has 0 bridgehead atoms. The zero-order valence-corrected chi connectivity index (χ0v) is 18.0. The summed E-state index contributed by atoms with van der Waals surface area (Å²) in [5, 5.41) is 14.0. The van der Waals surface area contributed by atoms with Gasteiger partial charge in [-0.2, -0.15) is 5.26 Å². The summed E-state index contributed by atoms with van der Waals surface area (Å²) in [6.45, 7) is 0.197. The third-order valence-electron chi connectivity index (χ3n) is 4.48. The van der Waals surface area contributed by atoms with E-state index < -0.39 is 22.6 Å². The van der Waals surface area contributed by atoms with Gasteiger partial charge < -0.3 is 5.32 Å².